The highest BCUT2D eigenvalue weighted by molar-refractivity contribution is 7.90. The van der Waals surface area contributed by atoms with Gasteiger partial charge in [-0.3, -0.25) is 9.59 Å². The maximum atomic E-state index is 12.5. The van der Waals surface area contributed by atoms with Gasteiger partial charge in [-0.15, -0.1) is 0 Å². The van der Waals surface area contributed by atoms with Crippen molar-refractivity contribution < 1.29 is 18.0 Å². The number of hydrogen-bond acceptors (Lipinski definition) is 4. The Kier molecular flexibility index (Phi) is 5.53. The molecule has 1 aliphatic rings. The van der Waals surface area contributed by atoms with Gasteiger partial charge in [-0.25, -0.2) is 13.1 Å². The van der Waals surface area contributed by atoms with Gasteiger partial charge in [0, 0.05) is 18.0 Å². The Labute approximate surface area is 163 Å². The normalized spacial score (nSPS) is 18.4. The molecule has 0 bridgehead atoms. The van der Waals surface area contributed by atoms with Gasteiger partial charge >= 0.3 is 0 Å². The Balaban J connectivity index is 1.69. The Morgan fingerprint density at radius 1 is 1.15 bits per heavy atom. The van der Waals surface area contributed by atoms with Crippen molar-refractivity contribution in [2.45, 2.75) is 24.3 Å². The van der Waals surface area contributed by atoms with E-state index in [0.717, 1.165) is 5.56 Å². The zero-order valence-corrected chi connectivity index (χ0v) is 16.2. The summed E-state index contributed by atoms with van der Waals surface area (Å²) in [5, 5.41) is 0.396. The molecule has 2 unspecified atom stereocenters. The summed E-state index contributed by atoms with van der Waals surface area (Å²) in [6.07, 6.45) is -0.0147. The molecule has 2 aromatic carbocycles. The van der Waals surface area contributed by atoms with E-state index in [4.69, 9.17) is 11.6 Å². The van der Waals surface area contributed by atoms with Crippen LogP contribution in [-0.2, 0) is 19.6 Å². The predicted octanol–water partition coefficient (Wildman–Crippen LogP) is 2.75. The minimum atomic E-state index is -4.01. The summed E-state index contributed by atoms with van der Waals surface area (Å²) in [5.74, 6) is -1.57. The molecule has 0 aromatic heterocycles. The van der Waals surface area contributed by atoms with Crippen LogP contribution in [0.25, 0.3) is 0 Å². The minimum Gasteiger partial charge on any atom is -0.335 e. The summed E-state index contributed by atoms with van der Waals surface area (Å²) in [5.41, 5.74) is 0.959. The van der Waals surface area contributed by atoms with E-state index in [-0.39, 0.29) is 29.8 Å². The van der Waals surface area contributed by atoms with Gasteiger partial charge in [0.2, 0.25) is 11.8 Å². The van der Waals surface area contributed by atoms with E-state index in [9.17, 15) is 18.0 Å². The second-order valence-electron chi connectivity index (χ2n) is 6.46. The highest BCUT2D eigenvalue weighted by Crippen LogP contribution is 2.28. The molecule has 1 aliphatic heterocycles. The van der Waals surface area contributed by atoms with Crippen LogP contribution in [-0.4, -0.2) is 31.7 Å². The number of nitrogens with zero attached hydrogens (tertiary/aromatic N) is 1. The summed E-state index contributed by atoms with van der Waals surface area (Å²) >= 11 is 5.76. The number of rotatable bonds is 5. The standard InChI is InChI=1S/C19H19ClN2O4S/c1-13(14-5-3-2-4-6-14)22-12-15(11-18(22)23)19(24)21-27(25,26)17-9-7-16(20)8-10-17/h2-10,13,15H,11-12H2,1H3,(H,21,24). The maximum absolute atomic E-state index is 12.5. The lowest BCUT2D eigenvalue weighted by atomic mass is 10.1. The van der Waals surface area contributed by atoms with Gasteiger partial charge in [0.15, 0.2) is 0 Å². The number of carbonyl (C=O) groups is 2. The van der Waals surface area contributed by atoms with Crippen LogP contribution in [0, 0.1) is 5.92 Å². The quantitative estimate of drug-likeness (QED) is 0.827. The molecule has 1 saturated heterocycles. The molecule has 0 spiro atoms. The highest BCUT2D eigenvalue weighted by Gasteiger charge is 2.38. The zero-order valence-electron chi connectivity index (χ0n) is 14.6. The molecule has 8 heteroatoms. The number of carbonyl (C=O) groups excluding carboxylic acids is 2. The monoisotopic (exact) mass is 406 g/mol. The van der Waals surface area contributed by atoms with Crippen molar-refractivity contribution >= 4 is 33.4 Å². The smallest absolute Gasteiger partial charge is 0.264 e. The number of amides is 2. The molecule has 0 aliphatic carbocycles. The van der Waals surface area contributed by atoms with Gasteiger partial charge in [0.1, 0.15) is 0 Å². The third-order valence-electron chi connectivity index (χ3n) is 4.64. The molecule has 1 heterocycles. The third kappa shape index (κ3) is 4.31. The summed E-state index contributed by atoms with van der Waals surface area (Å²) in [4.78, 5) is 26.4. The summed E-state index contributed by atoms with van der Waals surface area (Å²) < 4.78 is 26.8. The maximum Gasteiger partial charge on any atom is 0.264 e. The minimum absolute atomic E-state index is 0.0147. The Hall–Kier alpha value is -2.38. The van der Waals surface area contributed by atoms with Gasteiger partial charge in [0.05, 0.1) is 16.9 Å². The lowest BCUT2D eigenvalue weighted by Crippen LogP contribution is -2.37. The Morgan fingerprint density at radius 2 is 1.78 bits per heavy atom. The SMILES string of the molecule is CC(c1ccccc1)N1CC(C(=O)NS(=O)(=O)c2ccc(Cl)cc2)CC1=O. The van der Waals surface area contributed by atoms with E-state index in [1.54, 1.807) is 4.90 Å². The summed E-state index contributed by atoms with van der Waals surface area (Å²) in [7, 11) is -4.01. The number of sulfonamides is 1. The molecule has 2 atom stereocenters. The molecule has 3 rings (SSSR count). The van der Waals surface area contributed by atoms with Crippen molar-refractivity contribution in [3.63, 3.8) is 0 Å². The Bertz CT molecular complexity index is 945. The van der Waals surface area contributed by atoms with Crippen LogP contribution in [0.3, 0.4) is 0 Å². The topological polar surface area (TPSA) is 83.6 Å². The van der Waals surface area contributed by atoms with Crippen LogP contribution in [0.4, 0.5) is 0 Å². The van der Waals surface area contributed by atoms with Crippen LogP contribution >= 0.6 is 11.6 Å². The molecule has 1 fully saturated rings. The van der Waals surface area contributed by atoms with Crippen LogP contribution in [0.2, 0.25) is 5.02 Å². The molecule has 27 heavy (non-hydrogen) atoms. The van der Waals surface area contributed by atoms with Gasteiger partial charge in [-0.05, 0) is 36.8 Å². The fourth-order valence-electron chi connectivity index (χ4n) is 3.08. The number of hydrogen-bond donors (Lipinski definition) is 1. The molecule has 0 radical (unpaired) electrons. The lowest BCUT2D eigenvalue weighted by molar-refractivity contribution is -0.130. The molecule has 142 valence electrons. The van der Waals surface area contributed by atoms with Crippen LogP contribution in [0.15, 0.2) is 59.5 Å². The summed E-state index contributed by atoms with van der Waals surface area (Å²) in [6, 6.07) is 14.8. The molecule has 0 saturated carbocycles. The largest absolute Gasteiger partial charge is 0.335 e. The highest BCUT2D eigenvalue weighted by atomic mass is 35.5. The predicted molar refractivity (Wildman–Crippen MR) is 101 cm³/mol. The Morgan fingerprint density at radius 3 is 2.41 bits per heavy atom. The lowest BCUT2D eigenvalue weighted by Gasteiger charge is -2.25. The third-order valence-corrected chi connectivity index (χ3v) is 6.25. The van der Waals surface area contributed by atoms with Gasteiger partial charge in [-0.2, -0.15) is 0 Å². The molecule has 2 amide bonds. The first-order valence-corrected chi connectivity index (χ1v) is 10.3. The average molecular weight is 407 g/mol. The first-order chi connectivity index (χ1) is 12.8. The van der Waals surface area contributed by atoms with E-state index in [1.165, 1.54) is 24.3 Å². The van der Waals surface area contributed by atoms with Crippen LogP contribution < -0.4 is 4.72 Å². The van der Waals surface area contributed by atoms with E-state index in [1.807, 2.05) is 37.3 Å². The molecule has 2 aromatic rings. The summed E-state index contributed by atoms with van der Waals surface area (Å²) in [6.45, 7) is 2.06. The average Bonchev–Trinajstić information content (AvgIpc) is 3.04. The van der Waals surface area contributed by atoms with Crippen LogP contribution in [0.5, 0.6) is 0 Å². The molecular weight excluding hydrogens is 388 g/mol. The van der Waals surface area contributed by atoms with Crippen molar-refractivity contribution in [1.29, 1.82) is 0 Å². The van der Waals surface area contributed by atoms with Gasteiger partial charge in [-0.1, -0.05) is 41.9 Å². The first-order valence-electron chi connectivity index (χ1n) is 8.44. The number of likely N-dealkylation sites (tertiary alicyclic amines) is 1. The van der Waals surface area contributed by atoms with E-state index in [2.05, 4.69) is 4.72 Å². The first kappa shape index (κ1) is 19.4. The van der Waals surface area contributed by atoms with Crippen molar-refractivity contribution in [2.24, 2.45) is 5.92 Å². The number of nitrogens with one attached hydrogen (secondary N) is 1. The molecule has 1 N–H and O–H groups in total. The zero-order chi connectivity index (χ0) is 19.6. The van der Waals surface area contributed by atoms with E-state index >= 15 is 0 Å². The van der Waals surface area contributed by atoms with E-state index in [0.29, 0.717) is 5.02 Å². The van der Waals surface area contributed by atoms with E-state index < -0.39 is 21.8 Å². The fraction of sp³-hybridized carbons (Fsp3) is 0.263. The van der Waals surface area contributed by atoms with Gasteiger partial charge < -0.3 is 4.90 Å². The van der Waals surface area contributed by atoms with Crippen molar-refractivity contribution in [2.75, 3.05) is 6.54 Å². The second kappa shape index (κ2) is 7.70. The number of halogens is 1. The molecule has 6 nitrogen and oxygen atoms in total. The van der Waals surface area contributed by atoms with Crippen molar-refractivity contribution in [3.8, 4) is 0 Å². The van der Waals surface area contributed by atoms with Crippen LogP contribution in [0.1, 0.15) is 24.9 Å². The van der Waals surface area contributed by atoms with Crippen molar-refractivity contribution in [3.05, 3.63) is 65.2 Å². The number of benzene rings is 2. The second-order valence-corrected chi connectivity index (χ2v) is 8.58. The fourth-order valence-corrected chi connectivity index (χ4v) is 4.25. The van der Waals surface area contributed by atoms with Crippen molar-refractivity contribution in [1.82, 2.24) is 9.62 Å². The van der Waals surface area contributed by atoms with Gasteiger partial charge in [0.25, 0.3) is 10.0 Å². The molecular formula is C19H19ClN2O4S.